The molecule has 0 aromatic carbocycles. The van der Waals surface area contributed by atoms with E-state index in [0.29, 0.717) is 117 Å². The van der Waals surface area contributed by atoms with Crippen molar-refractivity contribution in [1.29, 1.82) is 0 Å². The molecule has 8 aliphatic carbocycles. The normalized spacial score (nSPS) is 34.2. The maximum Gasteiger partial charge on any atom is 0.303 e. The zero-order valence-electron chi connectivity index (χ0n) is 71.8. The Labute approximate surface area is 695 Å². The summed E-state index contributed by atoms with van der Waals surface area (Å²) in [7, 11) is -8.21. The summed E-state index contributed by atoms with van der Waals surface area (Å²) in [5, 5.41) is 15.7. The van der Waals surface area contributed by atoms with Crippen molar-refractivity contribution in [2.45, 2.75) is 328 Å². The lowest BCUT2D eigenvalue weighted by Crippen LogP contribution is -2.65. The van der Waals surface area contributed by atoms with Crippen LogP contribution in [0.5, 0.6) is 0 Å². The van der Waals surface area contributed by atoms with E-state index in [1.54, 1.807) is 22.0 Å². The monoisotopic (exact) mass is 1670 g/mol. The van der Waals surface area contributed by atoms with Gasteiger partial charge in [0.2, 0.25) is 41.4 Å². The Morgan fingerprint density at radius 3 is 1.15 bits per heavy atom. The first kappa shape index (κ1) is 87.7. The van der Waals surface area contributed by atoms with Gasteiger partial charge in [-0.3, -0.25) is 48.1 Å². The molecule has 0 aromatic rings. The minimum absolute atomic E-state index is 0.00884. The maximum atomic E-state index is 15.8. The zero-order chi connectivity index (χ0) is 84.3. The van der Waals surface area contributed by atoms with E-state index < -0.39 is 119 Å². The molecule has 15 rings (SSSR count). The Morgan fingerprint density at radius 1 is 0.419 bits per heavy atom. The van der Waals surface area contributed by atoms with Crippen LogP contribution in [-0.2, 0) is 73.0 Å². The molecule has 15 fully saturated rings. The van der Waals surface area contributed by atoms with Crippen molar-refractivity contribution in [2.75, 3.05) is 72.2 Å². The summed E-state index contributed by atoms with van der Waals surface area (Å²) in [6.07, 6.45) is 27.5. The smallest absolute Gasteiger partial charge is 0.303 e. The van der Waals surface area contributed by atoms with Crippen LogP contribution >= 0.6 is 0 Å². The Kier molecular flexibility index (Phi) is 23.9. The van der Waals surface area contributed by atoms with Crippen LogP contribution in [0.4, 0.5) is 0 Å². The zero-order valence-corrected chi connectivity index (χ0v) is 73.4. The third kappa shape index (κ3) is 14.9. The van der Waals surface area contributed by atoms with Crippen molar-refractivity contribution in [3.05, 3.63) is 25.3 Å². The van der Waals surface area contributed by atoms with Gasteiger partial charge >= 0.3 is 20.4 Å². The van der Waals surface area contributed by atoms with Crippen molar-refractivity contribution < 1.29 is 69.5 Å². The van der Waals surface area contributed by atoms with Crippen LogP contribution in [-0.4, -0.2) is 225 Å². The SMILES string of the molecule is C=C[C@@H]1C[C@]1(NC(=O)[C@@H]1C[C@@]2(CN1C(=O)[C@@H](NC(=O)[C@@H](N)C1(C)CCCCC1)C1(C)CCOCC1)C(C)(C)C21CCC1)C(=O)NS(=O)(=O)N1CCCC1.C=C[C@@H]1C[C@]1(NC(=O)[C@@H]1C[C@@]2(CN1C(=O)[C@@H](NC(=O)[C@@H](NC(=O)[C@@H]1CCCCN1C(C)C)C1(C)CCCCC1)C1(C)CCOCC1)C(C)(C)C21CCC1)C(=O)NS(=O)(=O)N1CCCC1. The number of carbonyl (C=O) groups is 9. The number of nitrogens with one attached hydrogen (secondary N) is 7. The number of hydrogen-bond acceptors (Lipinski definition) is 17. The Morgan fingerprint density at radius 2 is 0.795 bits per heavy atom. The number of rotatable bonds is 25. The summed E-state index contributed by atoms with van der Waals surface area (Å²) in [6.45, 7) is 33.7. The van der Waals surface area contributed by atoms with Gasteiger partial charge in [-0.2, -0.15) is 25.4 Å². The average Bonchev–Trinajstić information content (AvgIpc) is 1.46. The lowest BCUT2D eigenvalue weighted by Gasteiger charge is -2.45. The summed E-state index contributed by atoms with van der Waals surface area (Å²) in [4.78, 5) is 138. The van der Waals surface area contributed by atoms with Crippen molar-refractivity contribution in [3.8, 4) is 0 Å². The minimum atomic E-state index is -4.13. The van der Waals surface area contributed by atoms with E-state index in [9.17, 15) is 40.8 Å². The van der Waals surface area contributed by atoms with E-state index in [1.807, 2.05) is 13.8 Å². The Hall–Kier alpha value is -5.63. The van der Waals surface area contributed by atoms with Crippen LogP contribution in [0.25, 0.3) is 0 Å². The van der Waals surface area contributed by atoms with Crippen LogP contribution in [0, 0.1) is 66.0 Å². The highest BCUT2D eigenvalue weighted by Crippen LogP contribution is 2.89. The van der Waals surface area contributed by atoms with Gasteiger partial charge in [0.1, 0.15) is 41.3 Å². The molecular formula is C87H139N13O15S2. The standard InChI is InChI=1S/C48H77N7O8S.C39H62N6O7S/c1-8-33-29-48(33,42(60)52-64(61,62)53-24-14-15-25-53)51-39(57)35-30-47(43(4,5)46(47)20-16-21-46)31-55(35)41(59)37(45(7)22-27-63-28-23-45)50-40(58)36(44(6)18-11-9-12-19-44)49-38(56)34-17-10-13-26-54(34)32(2)3;1-6-26-23-39(26,33(49)43-53(50,51)44-19-10-11-20-44)42-30(46)27-24-38(34(2,3)37(38)15-12-16-37)25-45(27)32(48)29(36(5)17-21-52-22-18-36)41-31(47)28(40)35(4)13-8-7-9-14-35/h8,32-37H,1,9-31H2,2-7H3,(H,49,56)(H,50,58)(H,51,57)(H,52,60);6,26-29H,1,7-25,40H2,2-5H3,(H,41,47)(H,42,46)(H,43,49)/t33-,34+,35+,36-,37-,47-,48-;26-,27+,28-,29-,38-,39-/m11/s1. The number of likely N-dealkylation sites (tertiary alicyclic amines) is 3. The number of nitrogens with two attached hydrogens (primary N) is 1. The molecule has 654 valence electrons. The van der Waals surface area contributed by atoms with Gasteiger partial charge in [0, 0.05) is 105 Å². The molecule has 0 unspecified atom stereocenters. The number of fused-ring (bicyclic) bond motifs is 2. The lowest BCUT2D eigenvalue weighted by molar-refractivity contribution is -0.148. The number of ether oxygens (including phenoxy) is 2. The molecule has 8 saturated carbocycles. The summed E-state index contributed by atoms with van der Waals surface area (Å²) in [6, 6.07) is -5.70. The third-order valence-corrected chi connectivity index (χ3v) is 37.6. The fourth-order valence-electron chi connectivity index (χ4n) is 25.6. The van der Waals surface area contributed by atoms with Gasteiger partial charge in [0.05, 0.1) is 12.1 Å². The summed E-state index contributed by atoms with van der Waals surface area (Å²) in [5.41, 5.74) is 0.453. The quantitative estimate of drug-likeness (QED) is 0.0418. The van der Waals surface area contributed by atoms with E-state index in [0.717, 1.165) is 141 Å². The predicted octanol–water partition coefficient (Wildman–Crippen LogP) is 7.22. The first-order chi connectivity index (χ1) is 55.1. The molecule has 15 aliphatic rings. The van der Waals surface area contributed by atoms with E-state index >= 15 is 19.2 Å². The summed E-state index contributed by atoms with van der Waals surface area (Å²) in [5.74, 6) is -5.10. The molecule has 0 aromatic heterocycles. The van der Waals surface area contributed by atoms with E-state index in [2.05, 4.69) is 109 Å². The maximum absolute atomic E-state index is 15.8. The second-order valence-electron chi connectivity index (χ2n) is 41.4. The molecule has 9 N–H and O–H groups in total. The second kappa shape index (κ2) is 31.9. The van der Waals surface area contributed by atoms with E-state index in [-0.39, 0.29) is 92.4 Å². The lowest BCUT2D eigenvalue weighted by atomic mass is 9.69. The number of amides is 9. The van der Waals surface area contributed by atoms with Crippen molar-refractivity contribution >= 4 is 73.6 Å². The molecule has 7 saturated heterocycles. The van der Waals surface area contributed by atoms with Crippen molar-refractivity contribution in [3.63, 3.8) is 0 Å². The van der Waals surface area contributed by atoms with Gasteiger partial charge in [0.25, 0.3) is 11.8 Å². The Bertz CT molecular complexity index is 4110. The molecule has 7 aliphatic heterocycles. The molecular weight excluding hydrogens is 1530 g/mol. The highest BCUT2D eigenvalue weighted by Gasteiger charge is 2.87. The number of hydrogen-bond donors (Lipinski definition) is 8. The highest BCUT2D eigenvalue weighted by molar-refractivity contribution is 7.88. The fourth-order valence-corrected chi connectivity index (χ4v) is 28.2. The molecule has 0 radical (unpaired) electrons. The van der Waals surface area contributed by atoms with Crippen LogP contribution in [0.2, 0.25) is 0 Å². The van der Waals surface area contributed by atoms with Crippen LogP contribution in [0.1, 0.15) is 268 Å². The molecule has 7 heterocycles. The number of nitrogens with zero attached hydrogens (tertiary/aromatic N) is 5. The van der Waals surface area contributed by atoms with Crippen LogP contribution in [0.15, 0.2) is 25.3 Å². The molecule has 9 amide bonds. The van der Waals surface area contributed by atoms with Gasteiger partial charge in [-0.05, 0) is 194 Å². The van der Waals surface area contributed by atoms with Gasteiger partial charge in [-0.15, -0.1) is 13.2 Å². The average molecular weight is 1670 g/mol. The van der Waals surface area contributed by atoms with Crippen molar-refractivity contribution in [2.24, 2.45) is 71.7 Å². The molecule has 0 bridgehead atoms. The van der Waals surface area contributed by atoms with Crippen LogP contribution < -0.4 is 41.8 Å². The number of carbonyl (C=O) groups excluding carboxylic acids is 9. The van der Waals surface area contributed by atoms with Gasteiger partial charge in [-0.1, -0.05) is 125 Å². The molecule has 117 heavy (non-hydrogen) atoms. The first-order valence-corrected chi connectivity index (χ1v) is 47.8. The van der Waals surface area contributed by atoms with Crippen LogP contribution in [0.3, 0.4) is 0 Å². The molecule has 13 atom stereocenters. The fraction of sp³-hybridized carbons (Fsp3) is 0.851. The minimum Gasteiger partial charge on any atom is -0.381 e. The largest absolute Gasteiger partial charge is 0.381 e. The van der Waals surface area contributed by atoms with Crippen molar-refractivity contribution in [1.82, 2.24) is 59.3 Å². The van der Waals surface area contributed by atoms with E-state index in [1.165, 1.54) is 8.61 Å². The van der Waals surface area contributed by atoms with E-state index in [4.69, 9.17) is 15.2 Å². The second-order valence-corrected chi connectivity index (χ2v) is 44.7. The topological polar surface area (TPSA) is 367 Å². The van der Waals surface area contributed by atoms with Gasteiger partial charge < -0.3 is 51.6 Å². The Balaban J connectivity index is 0.000000196. The van der Waals surface area contributed by atoms with Gasteiger partial charge in [0.15, 0.2) is 0 Å². The molecule has 28 nitrogen and oxygen atoms in total. The first-order valence-electron chi connectivity index (χ1n) is 44.9. The predicted molar refractivity (Wildman–Crippen MR) is 441 cm³/mol. The third-order valence-electron chi connectivity index (χ3n) is 34.7. The summed E-state index contributed by atoms with van der Waals surface area (Å²) < 4.78 is 71.4. The number of piperidine rings is 1. The van der Waals surface area contributed by atoms with Gasteiger partial charge in [-0.25, -0.2) is 9.44 Å². The molecule has 4 spiro atoms. The molecule has 30 heteroatoms. The highest BCUT2D eigenvalue weighted by atomic mass is 32.2. The summed E-state index contributed by atoms with van der Waals surface area (Å²) >= 11 is 0.